The van der Waals surface area contributed by atoms with Gasteiger partial charge in [0, 0.05) is 6.04 Å². The first kappa shape index (κ1) is 15.1. The van der Waals surface area contributed by atoms with Crippen molar-refractivity contribution in [1.82, 2.24) is 4.90 Å². The molecule has 4 nitrogen and oxygen atoms in total. The first-order chi connectivity index (χ1) is 10.0. The summed E-state index contributed by atoms with van der Waals surface area (Å²) >= 11 is 11.8. The number of halogens is 2. The lowest BCUT2D eigenvalue weighted by Gasteiger charge is -2.35. The first-order valence-corrected chi connectivity index (χ1v) is 7.84. The zero-order chi connectivity index (χ0) is 15.1. The van der Waals surface area contributed by atoms with Gasteiger partial charge in [-0.3, -0.25) is 4.79 Å². The van der Waals surface area contributed by atoms with Gasteiger partial charge in [-0.05, 0) is 42.9 Å². The van der Waals surface area contributed by atoms with Crippen molar-refractivity contribution in [1.29, 1.82) is 0 Å². The third-order valence-corrected chi connectivity index (χ3v) is 5.41. The molecule has 0 aromatic heterocycles. The Hall–Kier alpha value is -0.810. The molecule has 2 bridgehead atoms. The molecule has 114 valence electrons. The summed E-state index contributed by atoms with van der Waals surface area (Å²) in [5.74, 6) is -0.00963. The first-order valence-electron chi connectivity index (χ1n) is 7.09. The Morgan fingerprint density at radius 3 is 2.76 bits per heavy atom. The van der Waals surface area contributed by atoms with Crippen LogP contribution in [0.1, 0.15) is 30.9 Å². The zero-order valence-electron chi connectivity index (χ0n) is 11.4. The maximum atomic E-state index is 12.6. The topological polar surface area (TPSA) is 60.8 Å². The van der Waals surface area contributed by atoms with Gasteiger partial charge in [0.1, 0.15) is 0 Å². The molecule has 0 spiro atoms. The molecule has 6 heteroatoms. The van der Waals surface area contributed by atoms with Crippen molar-refractivity contribution >= 4 is 29.1 Å². The smallest absolute Gasteiger partial charge is 0.256 e. The second-order valence-corrected chi connectivity index (χ2v) is 6.61. The van der Waals surface area contributed by atoms with Gasteiger partial charge >= 0.3 is 0 Å². The number of hydrogen-bond acceptors (Lipinski definition) is 3. The summed E-state index contributed by atoms with van der Waals surface area (Å²) in [5.41, 5.74) is 0.425. The largest absolute Gasteiger partial charge is 0.394 e. The second kappa shape index (κ2) is 5.76. The van der Waals surface area contributed by atoms with Gasteiger partial charge in [0.05, 0.1) is 22.7 Å². The van der Waals surface area contributed by atoms with Gasteiger partial charge in [0.15, 0.2) is 6.10 Å². The number of fused-ring (bicyclic) bond motifs is 2. The molecule has 1 heterocycles. The van der Waals surface area contributed by atoms with Gasteiger partial charge in [0.2, 0.25) is 0 Å². The fourth-order valence-corrected chi connectivity index (χ4v) is 3.94. The highest BCUT2D eigenvalue weighted by Gasteiger charge is 2.48. The van der Waals surface area contributed by atoms with Crippen LogP contribution < -0.4 is 0 Å². The highest BCUT2D eigenvalue weighted by Crippen LogP contribution is 2.43. The van der Waals surface area contributed by atoms with E-state index < -0.39 is 6.10 Å². The normalized spacial score (nSPS) is 29.0. The Morgan fingerprint density at radius 2 is 2.10 bits per heavy atom. The predicted molar refractivity (Wildman–Crippen MR) is 80.3 cm³/mol. The molecule has 2 N–H and O–H groups in total. The van der Waals surface area contributed by atoms with Crippen LogP contribution >= 0.6 is 23.2 Å². The quantitative estimate of drug-likeness (QED) is 0.895. The third-order valence-electron chi connectivity index (χ3n) is 4.68. The monoisotopic (exact) mass is 329 g/mol. The van der Waals surface area contributed by atoms with E-state index in [1.165, 1.54) is 6.07 Å². The van der Waals surface area contributed by atoms with Crippen LogP contribution in [0.2, 0.25) is 10.0 Å². The van der Waals surface area contributed by atoms with E-state index in [1.807, 2.05) is 0 Å². The standard InChI is InChI=1S/C15H17Cl2NO3/c16-11-4-2-9(6-12(11)17)14(20)15(21)18-10-3-1-8(5-10)13(18)7-19/h2,4,6,8,10,13-14,19-20H,1,3,5,7H2. The van der Waals surface area contributed by atoms with Gasteiger partial charge in [-0.25, -0.2) is 0 Å². The number of carbonyl (C=O) groups is 1. The van der Waals surface area contributed by atoms with E-state index in [1.54, 1.807) is 17.0 Å². The molecule has 1 saturated heterocycles. The minimum atomic E-state index is -1.27. The minimum absolute atomic E-state index is 0.0546. The van der Waals surface area contributed by atoms with Crippen LogP contribution in [0.4, 0.5) is 0 Å². The molecule has 4 unspecified atom stereocenters. The van der Waals surface area contributed by atoms with E-state index in [0.29, 0.717) is 21.5 Å². The molecular weight excluding hydrogens is 313 g/mol. The highest BCUT2D eigenvalue weighted by molar-refractivity contribution is 6.42. The lowest BCUT2D eigenvalue weighted by Crippen LogP contribution is -2.48. The summed E-state index contributed by atoms with van der Waals surface area (Å²) in [5, 5.41) is 20.5. The Balaban J connectivity index is 1.82. The SMILES string of the molecule is O=C(C(O)c1ccc(Cl)c(Cl)c1)N1C2CCC(C2)C1CO. The number of hydrogen-bond donors (Lipinski definition) is 2. The molecule has 0 radical (unpaired) electrons. The minimum Gasteiger partial charge on any atom is -0.394 e. The van der Waals surface area contributed by atoms with Gasteiger partial charge < -0.3 is 15.1 Å². The number of likely N-dealkylation sites (tertiary alicyclic amines) is 1. The van der Waals surface area contributed by atoms with Crippen LogP contribution in [-0.2, 0) is 4.79 Å². The summed E-state index contributed by atoms with van der Waals surface area (Å²) in [6.07, 6.45) is 1.64. The van der Waals surface area contributed by atoms with E-state index in [0.717, 1.165) is 19.3 Å². The van der Waals surface area contributed by atoms with Crippen LogP contribution in [0.5, 0.6) is 0 Å². The van der Waals surface area contributed by atoms with Crippen molar-refractivity contribution in [2.75, 3.05) is 6.61 Å². The van der Waals surface area contributed by atoms with Crippen molar-refractivity contribution in [3.8, 4) is 0 Å². The molecule has 1 amide bonds. The van der Waals surface area contributed by atoms with E-state index >= 15 is 0 Å². The van der Waals surface area contributed by atoms with Gasteiger partial charge in [-0.1, -0.05) is 29.3 Å². The molecule has 1 aliphatic carbocycles. The lowest BCUT2D eigenvalue weighted by atomic mass is 9.98. The summed E-state index contributed by atoms with van der Waals surface area (Å²) in [6.45, 7) is -0.0546. The second-order valence-electron chi connectivity index (χ2n) is 5.80. The van der Waals surface area contributed by atoms with E-state index in [-0.39, 0.29) is 24.6 Å². The van der Waals surface area contributed by atoms with Crippen molar-refractivity contribution in [2.24, 2.45) is 5.92 Å². The van der Waals surface area contributed by atoms with E-state index in [2.05, 4.69) is 0 Å². The summed E-state index contributed by atoms with van der Waals surface area (Å²) < 4.78 is 0. The van der Waals surface area contributed by atoms with Crippen LogP contribution in [-0.4, -0.2) is 39.7 Å². The average molecular weight is 330 g/mol. The van der Waals surface area contributed by atoms with Crippen molar-refractivity contribution in [3.63, 3.8) is 0 Å². The van der Waals surface area contributed by atoms with Crippen molar-refractivity contribution in [3.05, 3.63) is 33.8 Å². The molecule has 2 aliphatic rings. The fourth-order valence-electron chi connectivity index (χ4n) is 3.64. The highest BCUT2D eigenvalue weighted by atomic mass is 35.5. The number of benzene rings is 1. The Bertz CT molecular complexity index is 566. The number of nitrogens with zero attached hydrogens (tertiary/aromatic N) is 1. The van der Waals surface area contributed by atoms with Crippen LogP contribution in [0.25, 0.3) is 0 Å². The molecule has 21 heavy (non-hydrogen) atoms. The van der Waals surface area contributed by atoms with Crippen LogP contribution in [0.15, 0.2) is 18.2 Å². The van der Waals surface area contributed by atoms with E-state index in [9.17, 15) is 15.0 Å². The number of aliphatic hydroxyl groups excluding tert-OH is 2. The fraction of sp³-hybridized carbons (Fsp3) is 0.533. The Morgan fingerprint density at radius 1 is 1.33 bits per heavy atom. The van der Waals surface area contributed by atoms with Crippen LogP contribution in [0, 0.1) is 5.92 Å². The molecule has 1 aromatic rings. The molecular formula is C15H17Cl2NO3. The van der Waals surface area contributed by atoms with Crippen molar-refractivity contribution < 1.29 is 15.0 Å². The number of amides is 1. The molecule has 2 fully saturated rings. The number of piperidine rings is 1. The zero-order valence-corrected chi connectivity index (χ0v) is 12.9. The Kier molecular flexibility index (Phi) is 4.14. The molecule has 1 aliphatic heterocycles. The molecule has 4 atom stereocenters. The lowest BCUT2D eigenvalue weighted by molar-refractivity contribution is -0.146. The molecule has 1 aromatic carbocycles. The van der Waals surface area contributed by atoms with Crippen molar-refractivity contribution in [2.45, 2.75) is 37.5 Å². The summed E-state index contributed by atoms with van der Waals surface area (Å²) in [7, 11) is 0. The summed E-state index contributed by atoms with van der Waals surface area (Å²) in [6, 6.07) is 4.63. The maximum absolute atomic E-state index is 12.6. The molecule has 3 rings (SSSR count). The Labute approximate surface area is 133 Å². The van der Waals surface area contributed by atoms with E-state index in [4.69, 9.17) is 23.2 Å². The summed E-state index contributed by atoms with van der Waals surface area (Å²) in [4.78, 5) is 14.3. The molecule has 1 saturated carbocycles. The predicted octanol–water partition coefficient (Wildman–Crippen LogP) is 2.40. The number of rotatable bonds is 3. The average Bonchev–Trinajstić information content (AvgIpc) is 3.08. The van der Waals surface area contributed by atoms with Gasteiger partial charge in [0.25, 0.3) is 5.91 Å². The number of carbonyl (C=O) groups excluding carboxylic acids is 1. The van der Waals surface area contributed by atoms with Gasteiger partial charge in [-0.15, -0.1) is 0 Å². The maximum Gasteiger partial charge on any atom is 0.256 e. The van der Waals surface area contributed by atoms with Crippen LogP contribution in [0.3, 0.4) is 0 Å². The third kappa shape index (κ3) is 2.55. The number of aliphatic hydroxyl groups is 2. The van der Waals surface area contributed by atoms with Gasteiger partial charge in [-0.2, -0.15) is 0 Å².